The first-order valence-electron chi connectivity index (χ1n) is 6.04. The second-order valence-corrected chi connectivity index (χ2v) is 6.21. The van der Waals surface area contributed by atoms with Gasteiger partial charge in [0.25, 0.3) is 5.91 Å². The van der Waals surface area contributed by atoms with Gasteiger partial charge in [0, 0.05) is 27.1 Å². The lowest BCUT2D eigenvalue weighted by Crippen LogP contribution is -2.24. The fourth-order valence-electron chi connectivity index (χ4n) is 1.99. The Hall–Kier alpha value is -1.08. The highest BCUT2D eigenvalue weighted by Gasteiger charge is 2.32. The highest BCUT2D eigenvalue weighted by atomic mass is 32.1. The van der Waals surface area contributed by atoms with E-state index < -0.39 is 0 Å². The van der Waals surface area contributed by atoms with Crippen LogP contribution in [0.3, 0.4) is 0 Å². The normalized spacial score (nSPS) is 19.1. The lowest BCUT2D eigenvalue weighted by atomic mass is 10.1. The first kappa shape index (κ1) is 14.3. The summed E-state index contributed by atoms with van der Waals surface area (Å²) in [7, 11) is 3.41. The van der Waals surface area contributed by atoms with Crippen LogP contribution in [0.25, 0.3) is 0 Å². The van der Waals surface area contributed by atoms with Crippen molar-refractivity contribution in [1.29, 1.82) is 0 Å². The number of rotatable bonds is 3. The third-order valence-electron chi connectivity index (χ3n) is 3.08. The van der Waals surface area contributed by atoms with Gasteiger partial charge in [-0.2, -0.15) is 12.6 Å². The molecule has 5 nitrogen and oxygen atoms in total. The molecule has 1 aromatic heterocycles. The largest absolute Gasteiger partial charge is 0.344 e. The number of carbonyl (C=O) groups is 2. The second kappa shape index (κ2) is 5.50. The Morgan fingerprint density at radius 2 is 2.26 bits per heavy atom. The zero-order valence-electron chi connectivity index (χ0n) is 11.2. The van der Waals surface area contributed by atoms with Gasteiger partial charge in [0.2, 0.25) is 5.91 Å². The van der Waals surface area contributed by atoms with Crippen LogP contribution in [0.2, 0.25) is 0 Å². The maximum absolute atomic E-state index is 12.0. The second-order valence-electron chi connectivity index (χ2n) is 4.87. The molecule has 0 N–H and O–H groups in total. The number of hydrogen-bond donors (Lipinski definition) is 1. The predicted octanol–water partition coefficient (Wildman–Crippen LogP) is 1.44. The standard InChI is InChI=1S/C12H17N3O2S2/c1-7-10(11(17)14(2)3)19-12(13-7)15-5-8(6-18)4-9(15)16/h8,18H,4-6H2,1-3H3. The lowest BCUT2D eigenvalue weighted by Gasteiger charge is -2.12. The minimum atomic E-state index is -0.0707. The van der Waals surface area contributed by atoms with Gasteiger partial charge in [0.1, 0.15) is 4.88 Å². The van der Waals surface area contributed by atoms with E-state index in [9.17, 15) is 9.59 Å². The molecule has 2 rings (SSSR count). The van der Waals surface area contributed by atoms with Crippen LogP contribution in [0.1, 0.15) is 21.8 Å². The van der Waals surface area contributed by atoms with Crippen molar-refractivity contribution in [2.45, 2.75) is 13.3 Å². The van der Waals surface area contributed by atoms with Crippen molar-refractivity contribution in [1.82, 2.24) is 9.88 Å². The van der Waals surface area contributed by atoms with E-state index in [4.69, 9.17) is 0 Å². The number of anilines is 1. The molecule has 7 heteroatoms. The summed E-state index contributed by atoms with van der Waals surface area (Å²) in [5.74, 6) is 0.958. The van der Waals surface area contributed by atoms with Crippen LogP contribution >= 0.6 is 24.0 Å². The van der Waals surface area contributed by atoms with Crippen LogP contribution in [0.4, 0.5) is 5.13 Å². The van der Waals surface area contributed by atoms with Gasteiger partial charge in [0.15, 0.2) is 5.13 Å². The maximum Gasteiger partial charge on any atom is 0.265 e. The quantitative estimate of drug-likeness (QED) is 0.859. The first-order chi connectivity index (χ1) is 8.93. The van der Waals surface area contributed by atoms with Gasteiger partial charge in [-0.1, -0.05) is 11.3 Å². The SMILES string of the molecule is Cc1nc(N2CC(CS)CC2=O)sc1C(=O)N(C)C. The highest BCUT2D eigenvalue weighted by Crippen LogP contribution is 2.31. The molecular formula is C12H17N3O2S2. The maximum atomic E-state index is 12.0. The summed E-state index contributed by atoms with van der Waals surface area (Å²) in [5.41, 5.74) is 0.681. The molecule has 1 unspecified atom stereocenters. The molecule has 0 saturated carbocycles. The van der Waals surface area contributed by atoms with Crippen LogP contribution in [-0.4, -0.2) is 48.1 Å². The van der Waals surface area contributed by atoms with Gasteiger partial charge < -0.3 is 4.90 Å². The Bertz CT molecular complexity index is 513. The van der Waals surface area contributed by atoms with Crippen molar-refractivity contribution in [3.63, 3.8) is 0 Å². The van der Waals surface area contributed by atoms with Crippen molar-refractivity contribution in [2.75, 3.05) is 31.3 Å². The average molecular weight is 299 g/mol. The van der Waals surface area contributed by atoms with E-state index in [0.717, 1.165) is 0 Å². The van der Waals surface area contributed by atoms with E-state index in [-0.39, 0.29) is 17.7 Å². The molecule has 1 aromatic rings. The monoisotopic (exact) mass is 299 g/mol. The summed E-state index contributed by atoms with van der Waals surface area (Å²) in [6.45, 7) is 2.44. The van der Waals surface area contributed by atoms with Gasteiger partial charge in [-0.25, -0.2) is 4.98 Å². The smallest absolute Gasteiger partial charge is 0.265 e. The lowest BCUT2D eigenvalue weighted by molar-refractivity contribution is -0.117. The van der Waals surface area contributed by atoms with Crippen molar-refractivity contribution in [3.8, 4) is 0 Å². The molecule has 1 atom stereocenters. The topological polar surface area (TPSA) is 53.5 Å². The van der Waals surface area contributed by atoms with E-state index in [1.54, 1.807) is 25.9 Å². The molecule has 1 fully saturated rings. The number of thiol groups is 1. The molecule has 0 radical (unpaired) electrons. The Balaban J connectivity index is 2.26. The van der Waals surface area contributed by atoms with Gasteiger partial charge in [0.05, 0.1) is 5.69 Å². The van der Waals surface area contributed by atoms with Crippen molar-refractivity contribution in [2.24, 2.45) is 5.92 Å². The zero-order valence-corrected chi connectivity index (χ0v) is 12.9. The summed E-state index contributed by atoms with van der Waals surface area (Å²) >= 11 is 5.53. The molecule has 0 bridgehead atoms. The van der Waals surface area contributed by atoms with E-state index in [1.807, 2.05) is 0 Å². The van der Waals surface area contributed by atoms with Crippen LogP contribution in [0.15, 0.2) is 0 Å². The summed E-state index contributed by atoms with van der Waals surface area (Å²) in [6, 6.07) is 0. The van der Waals surface area contributed by atoms with Crippen LogP contribution in [0.5, 0.6) is 0 Å². The Labute approximate surface area is 122 Å². The number of hydrogen-bond acceptors (Lipinski definition) is 5. The number of aromatic nitrogens is 1. The minimum absolute atomic E-state index is 0.0663. The average Bonchev–Trinajstić information content (AvgIpc) is 2.91. The third-order valence-corrected chi connectivity index (χ3v) is 4.76. The predicted molar refractivity (Wildman–Crippen MR) is 79.2 cm³/mol. The summed E-state index contributed by atoms with van der Waals surface area (Å²) in [5, 5.41) is 0.622. The molecule has 2 heterocycles. The Kier molecular flexibility index (Phi) is 4.15. The molecule has 1 aliphatic heterocycles. The molecule has 19 heavy (non-hydrogen) atoms. The molecule has 1 saturated heterocycles. The number of aryl methyl sites for hydroxylation is 1. The molecule has 0 aliphatic carbocycles. The molecular weight excluding hydrogens is 282 g/mol. The first-order valence-corrected chi connectivity index (χ1v) is 7.49. The zero-order chi connectivity index (χ0) is 14.2. The number of amides is 2. The van der Waals surface area contributed by atoms with Crippen LogP contribution in [0, 0.1) is 12.8 Å². The number of nitrogens with zero attached hydrogens (tertiary/aromatic N) is 3. The van der Waals surface area contributed by atoms with E-state index in [2.05, 4.69) is 17.6 Å². The van der Waals surface area contributed by atoms with Crippen LogP contribution < -0.4 is 4.90 Å². The van der Waals surface area contributed by atoms with Gasteiger partial charge >= 0.3 is 0 Å². The van der Waals surface area contributed by atoms with E-state index >= 15 is 0 Å². The van der Waals surface area contributed by atoms with Gasteiger partial charge in [-0.05, 0) is 18.6 Å². The fraction of sp³-hybridized carbons (Fsp3) is 0.583. The molecule has 2 amide bonds. The molecule has 1 aliphatic rings. The van der Waals surface area contributed by atoms with Crippen LogP contribution in [-0.2, 0) is 4.79 Å². The van der Waals surface area contributed by atoms with E-state index in [0.29, 0.717) is 34.4 Å². The van der Waals surface area contributed by atoms with E-state index in [1.165, 1.54) is 16.2 Å². The third kappa shape index (κ3) is 2.76. The summed E-state index contributed by atoms with van der Waals surface area (Å²) in [4.78, 5) is 32.1. The van der Waals surface area contributed by atoms with Crippen molar-refractivity contribution in [3.05, 3.63) is 10.6 Å². The summed E-state index contributed by atoms with van der Waals surface area (Å²) < 4.78 is 0. The highest BCUT2D eigenvalue weighted by molar-refractivity contribution is 7.80. The number of thiazole rings is 1. The minimum Gasteiger partial charge on any atom is -0.344 e. The van der Waals surface area contributed by atoms with Gasteiger partial charge in [-0.3, -0.25) is 14.5 Å². The Morgan fingerprint density at radius 3 is 2.79 bits per heavy atom. The molecule has 104 valence electrons. The summed E-state index contributed by atoms with van der Waals surface area (Å²) in [6.07, 6.45) is 0.513. The van der Waals surface area contributed by atoms with Crippen molar-refractivity contribution >= 4 is 40.9 Å². The molecule has 0 aromatic carbocycles. The number of carbonyl (C=O) groups excluding carboxylic acids is 2. The fourth-order valence-corrected chi connectivity index (χ4v) is 3.35. The molecule has 0 spiro atoms. The van der Waals surface area contributed by atoms with Gasteiger partial charge in [-0.15, -0.1) is 0 Å². The Morgan fingerprint density at radius 1 is 1.58 bits per heavy atom. The van der Waals surface area contributed by atoms with Crippen molar-refractivity contribution < 1.29 is 9.59 Å².